The van der Waals surface area contributed by atoms with Crippen LogP contribution in [-0.2, 0) is 13.1 Å². The van der Waals surface area contributed by atoms with Crippen LogP contribution in [0.25, 0.3) is 11.1 Å². The maximum absolute atomic E-state index is 4.19. The second-order valence-electron chi connectivity index (χ2n) is 4.87. The average Bonchev–Trinajstić information content (AvgIpc) is 2.57. The van der Waals surface area contributed by atoms with Crippen molar-refractivity contribution in [1.82, 2.24) is 15.3 Å². The molecule has 104 valence electrons. The third kappa shape index (κ3) is 3.74. The molecule has 1 heterocycles. The van der Waals surface area contributed by atoms with Gasteiger partial charge in [0.1, 0.15) is 6.33 Å². The van der Waals surface area contributed by atoms with Crippen molar-refractivity contribution in [2.75, 3.05) is 0 Å². The largest absolute Gasteiger partial charge is 0.307 e. The average molecular weight is 275 g/mol. The van der Waals surface area contributed by atoms with Crippen molar-refractivity contribution in [3.05, 3.63) is 84.4 Å². The van der Waals surface area contributed by atoms with Crippen LogP contribution in [0.1, 0.15) is 11.3 Å². The van der Waals surface area contributed by atoms with Gasteiger partial charge in [-0.2, -0.15) is 0 Å². The number of hydrogen-bond donors (Lipinski definition) is 1. The van der Waals surface area contributed by atoms with E-state index in [4.69, 9.17) is 0 Å². The van der Waals surface area contributed by atoms with Gasteiger partial charge in [-0.05, 0) is 22.8 Å². The summed E-state index contributed by atoms with van der Waals surface area (Å²) >= 11 is 0. The molecule has 3 rings (SSSR count). The van der Waals surface area contributed by atoms with Crippen molar-refractivity contribution in [3.63, 3.8) is 0 Å². The Labute approximate surface area is 124 Å². The SMILES string of the molecule is c1ccc(-c2ccc(CNCc3ccncn3)cc2)cc1. The molecular weight excluding hydrogens is 258 g/mol. The van der Waals surface area contributed by atoms with E-state index in [2.05, 4.69) is 63.8 Å². The fourth-order valence-electron chi connectivity index (χ4n) is 2.20. The topological polar surface area (TPSA) is 37.8 Å². The maximum Gasteiger partial charge on any atom is 0.115 e. The highest BCUT2D eigenvalue weighted by Crippen LogP contribution is 2.19. The highest BCUT2D eigenvalue weighted by Gasteiger charge is 1.98. The van der Waals surface area contributed by atoms with E-state index >= 15 is 0 Å². The van der Waals surface area contributed by atoms with E-state index in [1.54, 1.807) is 12.5 Å². The Morgan fingerprint density at radius 2 is 1.52 bits per heavy atom. The van der Waals surface area contributed by atoms with Crippen molar-refractivity contribution >= 4 is 0 Å². The van der Waals surface area contributed by atoms with E-state index < -0.39 is 0 Å². The minimum Gasteiger partial charge on any atom is -0.307 e. The van der Waals surface area contributed by atoms with Crippen molar-refractivity contribution in [3.8, 4) is 11.1 Å². The quantitative estimate of drug-likeness (QED) is 0.775. The first-order chi connectivity index (χ1) is 10.4. The van der Waals surface area contributed by atoms with E-state index in [1.807, 2.05) is 12.1 Å². The highest BCUT2D eigenvalue weighted by molar-refractivity contribution is 5.63. The summed E-state index contributed by atoms with van der Waals surface area (Å²) in [5.41, 5.74) is 4.77. The summed E-state index contributed by atoms with van der Waals surface area (Å²) in [6, 6.07) is 21.0. The van der Waals surface area contributed by atoms with Gasteiger partial charge >= 0.3 is 0 Å². The zero-order chi connectivity index (χ0) is 14.3. The number of rotatable bonds is 5. The van der Waals surface area contributed by atoms with Gasteiger partial charge < -0.3 is 5.32 Å². The number of nitrogens with one attached hydrogen (secondary N) is 1. The van der Waals surface area contributed by atoms with E-state index in [-0.39, 0.29) is 0 Å². The smallest absolute Gasteiger partial charge is 0.115 e. The Morgan fingerprint density at radius 3 is 2.24 bits per heavy atom. The first kappa shape index (κ1) is 13.5. The van der Waals surface area contributed by atoms with E-state index in [0.717, 1.165) is 18.8 Å². The van der Waals surface area contributed by atoms with Gasteiger partial charge in [0, 0.05) is 19.3 Å². The van der Waals surface area contributed by atoms with Gasteiger partial charge in [-0.15, -0.1) is 0 Å². The molecule has 0 aliphatic rings. The fourth-order valence-corrected chi connectivity index (χ4v) is 2.20. The van der Waals surface area contributed by atoms with Crippen molar-refractivity contribution in [2.24, 2.45) is 0 Å². The summed E-state index contributed by atoms with van der Waals surface area (Å²) in [4.78, 5) is 8.10. The van der Waals surface area contributed by atoms with Crippen LogP contribution in [-0.4, -0.2) is 9.97 Å². The predicted octanol–water partition coefficient (Wildman–Crippen LogP) is 3.43. The predicted molar refractivity (Wildman–Crippen MR) is 84.5 cm³/mol. The second-order valence-corrected chi connectivity index (χ2v) is 4.87. The summed E-state index contributed by atoms with van der Waals surface area (Å²) in [7, 11) is 0. The zero-order valence-electron chi connectivity index (χ0n) is 11.7. The third-order valence-electron chi connectivity index (χ3n) is 3.34. The second kappa shape index (κ2) is 6.77. The molecule has 0 amide bonds. The molecule has 3 aromatic rings. The Hall–Kier alpha value is -2.52. The maximum atomic E-state index is 4.19. The van der Waals surface area contributed by atoms with E-state index in [9.17, 15) is 0 Å². The summed E-state index contributed by atoms with van der Waals surface area (Å²) in [6.45, 7) is 1.59. The van der Waals surface area contributed by atoms with E-state index in [0.29, 0.717) is 0 Å². The van der Waals surface area contributed by atoms with Gasteiger partial charge in [-0.1, -0.05) is 54.6 Å². The first-order valence-electron chi connectivity index (χ1n) is 7.02. The van der Waals surface area contributed by atoms with Crippen molar-refractivity contribution in [1.29, 1.82) is 0 Å². The summed E-state index contributed by atoms with van der Waals surface area (Å²) in [5.74, 6) is 0. The van der Waals surface area contributed by atoms with Gasteiger partial charge in [-0.25, -0.2) is 9.97 Å². The molecule has 0 unspecified atom stereocenters. The lowest BCUT2D eigenvalue weighted by Crippen LogP contribution is -2.13. The Bertz CT molecular complexity index is 664. The van der Waals surface area contributed by atoms with Crippen LogP contribution in [0, 0.1) is 0 Å². The minimum absolute atomic E-state index is 0.753. The van der Waals surface area contributed by atoms with Crippen LogP contribution in [0.4, 0.5) is 0 Å². The van der Waals surface area contributed by atoms with Crippen molar-refractivity contribution < 1.29 is 0 Å². The fraction of sp³-hybridized carbons (Fsp3) is 0.111. The number of nitrogens with zero attached hydrogens (tertiary/aromatic N) is 2. The van der Waals surface area contributed by atoms with Gasteiger partial charge in [0.2, 0.25) is 0 Å². The van der Waals surface area contributed by atoms with Gasteiger partial charge in [-0.3, -0.25) is 0 Å². The molecule has 21 heavy (non-hydrogen) atoms. The molecule has 1 aromatic heterocycles. The summed E-state index contributed by atoms with van der Waals surface area (Å²) < 4.78 is 0. The lowest BCUT2D eigenvalue weighted by Gasteiger charge is -2.06. The molecule has 1 N–H and O–H groups in total. The molecule has 0 spiro atoms. The Morgan fingerprint density at radius 1 is 0.762 bits per heavy atom. The van der Waals surface area contributed by atoms with Crippen LogP contribution in [0.5, 0.6) is 0 Å². The molecule has 0 bridgehead atoms. The Kier molecular flexibility index (Phi) is 4.34. The molecule has 3 nitrogen and oxygen atoms in total. The zero-order valence-corrected chi connectivity index (χ0v) is 11.7. The van der Waals surface area contributed by atoms with Gasteiger partial charge in [0.25, 0.3) is 0 Å². The molecule has 2 aromatic carbocycles. The molecular formula is C18H17N3. The monoisotopic (exact) mass is 275 g/mol. The first-order valence-corrected chi connectivity index (χ1v) is 7.02. The standard InChI is InChI=1S/C18H17N3/c1-2-4-16(5-3-1)17-8-6-15(7-9-17)12-20-13-18-10-11-19-14-21-18/h1-11,14,20H,12-13H2. The molecule has 0 aliphatic carbocycles. The van der Waals surface area contributed by atoms with Gasteiger partial charge in [0.15, 0.2) is 0 Å². The van der Waals surface area contributed by atoms with Gasteiger partial charge in [0.05, 0.1) is 5.69 Å². The van der Waals surface area contributed by atoms with Crippen LogP contribution in [0.3, 0.4) is 0 Å². The highest BCUT2D eigenvalue weighted by atomic mass is 14.9. The number of benzene rings is 2. The third-order valence-corrected chi connectivity index (χ3v) is 3.34. The lowest BCUT2D eigenvalue weighted by atomic mass is 10.0. The van der Waals surface area contributed by atoms with E-state index in [1.165, 1.54) is 16.7 Å². The summed E-state index contributed by atoms with van der Waals surface area (Å²) in [6.07, 6.45) is 3.34. The minimum atomic E-state index is 0.753. The number of hydrogen-bond acceptors (Lipinski definition) is 3. The molecule has 3 heteroatoms. The number of aromatic nitrogens is 2. The van der Waals surface area contributed by atoms with Crippen LogP contribution in [0.2, 0.25) is 0 Å². The van der Waals surface area contributed by atoms with Crippen LogP contribution in [0.15, 0.2) is 73.2 Å². The lowest BCUT2D eigenvalue weighted by molar-refractivity contribution is 0.678. The summed E-state index contributed by atoms with van der Waals surface area (Å²) in [5, 5.41) is 3.39. The Balaban J connectivity index is 1.58. The molecule has 0 saturated carbocycles. The molecule has 0 atom stereocenters. The molecule has 0 aliphatic heterocycles. The van der Waals surface area contributed by atoms with Crippen LogP contribution < -0.4 is 5.32 Å². The van der Waals surface area contributed by atoms with Crippen molar-refractivity contribution in [2.45, 2.75) is 13.1 Å². The van der Waals surface area contributed by atoms with Crippen LogP contribution >= 0.6 is 0 Å². The molecule has 0 fully saturated rings. The molecule has 0 saturated heterocycles. The normalized spacial score (nSPS) is 10.5. The molecule has 0 radical (unpaired) electrons.